The third-order valence-electron chi connectivity index (χ3n) is 4.54. The van der Waals surface area contributed by atoms with Crippen LogP contribution in [-0.4, -0.2) is 49.6 Å². The highest BCUT2D eigenvalue weighted by molar-refractivity contribution is 7.91. The van der Waals surface area contributed by atoms with Crippen molar-refractivity contribution in [3.05, 3.63) is 17.0 Å². The van der Waals surface area contributed by atoms with Crippen LogP contribution >= 0.6 is 11.3 Å². The Kier molecular flexibility index (Phi) is 4.78. The molecule has 0 amide bonds. The standard InChI is InChI=1S/C15H22N2O4S2/c1-10-4-5-22-15(10)23(20,21)16-12-6-13(7-12)17(9-14(18)19)8-11-2-3-11/h4-5,11-13,16H,2-3,6-9H2,1H3,(H,18,19). The number of carboxylic acid groups (broad SMARTS) is 1. The van der Waals surface area contributed by atoms with Gasteiger partial charge in [0.25, 0.3) is 10.0 Å². The van der Waals surface area contributed by atoms with Crippen molar-refractivity contribution in [2.75, 3.05) is 13.1 Å². The second kappa shape index (κ2) is 6.51. The topological polar surface area (TPSA) is 86.7 Å². The lowest BCUT2D eigenvalue weighted by Crippen LogP contribution is -2.55. The molecule has 128 valence electrons. The number of aryl methyl sites for hydroxylation is 1. The Hall–Kier alpha value is -0.960. The predicted molar refractivity (Wildman–Crippen MR) is 88.1 cm³/mol. The molecule has 1 aromatic heterocycles. The molecule has 2 aliphatic rings. The van der Waals surface area contributed by atoms with Gasteiger partial charge in [-0.05, 0) is 55.5 Å². The first-order valence-electron chi connectivity index (χ1n) is 7.87. The van der Waals surface area contributed by atoms with Gasteiger partial charge in [0.05, 0.1) is 6.54 Å². The number of rotatable bonds is 8. The van der Waals surface area contributed by atoms with E-state index in [-0.39, 0.29) is 18.6 Å². The highest BCUT2D eigenvalue weighted by Crippen LogP contribution is 2.34. The molecule has 2 N–H and O–H groups in total. The Morgan fingerprint density at radius 2 is 2.13 bits per heavy atom. The molecule has 1 aromatic rings. The molecule has 0 aromatic carbocycles. The number of hydrogen-bond acceptors (Lipinski definition) is 5. The predicted octanol–water partition coefficient (Wildman–Crippen LogP) is 1.66. The molecular formula is C15H22N2O4S2. The largest absolute Gasteiger partial charge is 0.480 e. The number of carboxylic acids is 1. The van der Waals surface area contributed by atoms with E-state index in [2.05, 4.69) is 4.72 Å². The van der Waals surface area contributed by atoms with Gasteiger partial charge in [-0.1, -0.05) is 0 Å². The van der Waals surface area contributed by atoms with Gasteiger partial charge in [-0.2, -0.15) is 0 Å². The highest BCUT2D eigenvalue weighted by Gasteiger charge is 2.39. The van der Waals surface area contributed by atoms with Crippen molar-refractivity contribution < 1.29 is 18.3 Å². The van der Waals surface area contributed by atoms with E-state index in [4.69, 9.17) is 5.11 Å². The Bertz CT molecular complexity index is 675. The third kappa shape index (κ3) is 4.12. The van der Waals surface area contributed by atoms with Crippen LogP contribution in [0.4, 0.5) is 0 Å². The van der Waals surface area contributed by atoms with Crippen LogP contribution in [0.1, 0.15) is 31.2 Å². The second-order valence-electron chi connectivity index (χ2n) is 6.60. The van der Waals surface area contributed by atoms with E-state index in [0.717, 1.165) is 12.1 Å². The Labute approximate surface area is 140 Å². The SMILES string of the molecule is Cc1ccsc1S(=O)(=O)NC1CC(N(CC(=O)O)CC2CC2)C1. The Morgan fingerprint density at radius 1 is 1.43 bits per heavy atom. The zero-order chi connectivity index (χ0) is 16.6. The van der Waals surface area contributed by atoms with Crippen molar-refractivity contribution in [1.82, 2.24) is 9.62 Å². The van der Waals surface area contributed by atoms with E-state index in [9.17, 15) is 13.2 Å². The summed E-state index contributed by atoms with van der Waals surface area (Å²) in [5.74, 6) is -0.192. The zero-order valence-electron chi connectivity index (χ0n) is 13.1. The van der Waals surface area contributed by atoms with Crippen LogP contribution < -0.4 is 4.72 Å². The lowest BCUT2D eigenvalue weighted by atomic mass is 9.86. The molecule has 0 radical (unpaired) electrons. The fourth-order valence-electron chi connectivity index (χ4n) is 3.04. The van der Waals surface area contributed by atoms with E-state index in [1.165, 1.54) is 24.2 Å². The van der Waals surface area contributed by atoms with E-state index in [1.807, 2.05) is 4.90 Å². The summed E-state index contributed by atoms with van der Waals surface area (Å²) in [5, 5.41) is 10.8. The van der Waals surface area contributed by atoms with E-state index < -0.39 is 16.0 Å². The second-order valence-corrected chi connectivity index (χ2v) is 9.43. The monoisotopic (exact) mass is 358 g/mol. The number of thiophene rings is 1. The van der Waals surface area contributed by atoms with Gasteiger partial charge in [-0.15, -0.1) is 11.3 Å². The molecule has 2 saturated carbocycles. The number of aliphatic carboxylic acids is 1. The summed E-state index contributed by atoms with van der Waals surface area (Å²) in [7, 11) is -3.46. The average Bonchev–Trinajstić information content (AvgIpc) is 3.10. The average molecular weight is 358 g/mol. The van der Waals surface area contributed by atoms with Gasteiger partial charge in [0, 0.05) is 18.6 Å². The smallest absolute Gasteiger partial charge is 0.317 e. The molecule has 0 saturated heterocycles. The zero-order valence-corrected chi connectivity index (χ0v) is 14.7. The van der Waals surface area contributed by atoms with Crippen molar-refractivity contribution in [3.8, 4) is 0 Å². The van der Waals surface area contributed by atoms with E-state index in [1.54, 1.807) is 18.4 Å². The summed E-state index contributed by atoms with van der Waals surface area (Å²) < 4.78 is 27.8. The molecule has 0 aliphatic heterocycles. The van der Waals surface area contributed by atoms with Crippen LogP contribution in [0, 0.1) is 12.8 Å². The van der Waals surface area contributed by atoms with Gasteiger partial charge in [-0.3, -0.25) is 9.69 Å². The highest BCUT2D eigenvalue weighted by atomic mass is 32.2. The quantitative estimate of drug-likeness (QED) is 0.738. The minimum Gasteiger partial charge on any atom is -0.480 e. The minimum atomic E-state index is -3.46. The van der Waals surface area contributed by atoms with Gasteiger partial charge in [0.15, 0.2) is 0 Å². The van der Waals surface area contributed by atoms with Crippen LogP contribution in [0.2, 0.25) is 0 Å². The van der Waals surface area contributed by atoms with Gasteiger partial charge in [0.1, 0.15) is 4.21 Å². The molecule has 23 heavy (non-hydrogen) atoms. The number of sulfonamides is 1. The number of hydrogen-bond donors (Lipinski definition) is 2. The molecule has 2 fully saturated rings. The summed E-state index contributed by atoms with van der Waals surface area (Å²) >= 11 is 1.23. The van der Waals surface area contributed by atoms with Crippen molar-refractivity contribution in [3.63, 3.8) is 0 Å². The van der Waals surface area contributed by atoms with Crippen molar-refractivity contribution in [2.45, 2.75) is 48.9 Å². The molecule has 2 aliphatic carbocycles. The number of nitrogens with one attached hydrogen (secondary N) is 1. The molecule has 6 nitrogen and oxygen atoms in total. The summed E-state index contributed by atoms with van der Waals surface area (Å²) in [6.07, 6.45) is 3.72. The molecule has 3 rings (SSSR count). The molecule has 8 heteroatoms. The fraction of sp³-hybridized carbons (Fsp3) is 0.667. The number of carbonyl (C=O) groups is 1. The summed E-state index contributed by atoms with van der Waals surface area (Å²) in [6.45, 7) is 2.66. The van der Waals surface area contributed by atoms with Gasteiger partial charge >= 0.3 is 5.97 Å². The molecule has 0 bridgehead atoms. The van der Waals surface area contributed by atoms with Crippen LogP contribution in [0.25, 0.3) is 0 Å². The van der Waals surface area contributed by atoms with Crippen LogP contribution in [0.3, 0.4) is 0 Å². The maximum absolute atomic E-state index is 12.4. The molecule has 0 atom stereocenters. The van der Waals surface area contributed by atoms with Gasteiger partial charge in [-0.25, -0.2) is 13.1 Å². The number of nitrogens with zero attached hydrogens (tertiary/aromatic N) is 1. The fourth-order valence-corrected chi connectivity index (χ4v) is 5.74. The van der Waals surface area contributed by atoms with E-state index in [0.29, 0.717) is 23.0 Å². The summed E-state index contributed by atoms with van der Waals surface area (Å²) in [5.41, 5.74) is 0.764. The van der Waals surface area contributed by atoms with Gasteiger partial charge in [0.2, 0.25) is 0 Å². The van der Waals surface area contributed by atoms with E-state index >= 15 is 0 Å². The van der Waals surface area contributed by atoms with Crippen LogP contribution in [-0.2, 0) is 14.8 Å². The molecule has 1 heterocycles. The minimum absolute atomic E-state index is 0.0463. The summed E-state index contributed by atoms with van der Waals surface area (Å²) in [4.78, 5) is 13.0. The normalized spacial score (nSPS) is 24.6. The lowest BCUT2D eigenvalue weighted by Gasteiger charge is -2.42. The third-order valence-corrected chi connectivity index (χ3v) is 7.75. The summed E-state index contributed by atoms with van der Waals surface area (Å²) in [6, 6.07) is 1.87. The molecule has 0 spiro atoms. The van der Waals surface area contributed by atoms with Crippen molar-refractivity contribution >= 4 is 27.3 Å². The van der Waals surface area contributed by atoms with Crippen molar-refractivity contribution in [1.29, 1.82) is 0 Å². The first kappa shape index (κ1) is 16.9. The maximum Gasteiger partial charge on any atom is 0.317 e. The van der Waals surface area contributed by atoms with Crippen LogP contribution in [0.5, 0.6) is 0 Å². The first-order valence-corrected chi connectivity index (χ1v) is 10.2. The van der Waals surface area contributed by atoms with Gasteiger partial charge < -0.3 is 5.11 Å². The lowest BCUT2D eigenvalue weighted by molar-refractivity contribution is -0.139. The van der Waals surface area contributed by atoms with Crippen molar-refractivity contribution in [2.24, 2.45) is 5.92 Å². The Morgan fingerprint density at radius 3 is 2.65 bits per heavy atom. The first-order chi connectivity index (χ1) is 10.8. The van der Waals surface area contributed by atoms with Crippen LogP contribution in [0.15, 0.2) is 15.7 Å². The molecular weight excluding hydrogens is 336 g/mol. The molecule has 0 unspecified atom stereocenters. The Balaban J connectivity index is 1.55. The maximum atomic E-state index is 12.4.